The van der Waals surface area contributed by atoms with E-state index < -0.39 is 0 Å². The van der Waals surface area contributed by atoms with E-state index in [2.05, 4.69) is 4.90 Å². The maximum Gasteiger partial charge on any atom is 0.265 e. The van der Waals surface area contributed by atoms with Crippen LogP contribution in [0, 0.1) is 0 Å². The van der Waals surface area contributed by atoms with Crippen LogP contribution in [0.5, 0.6) is 5.75 Å². The maximum absolute atomic E-state index is 12.1. The fourth-order valence-electron chi connectivity index (χ4n) is 3.02. The van der Waals surface area contributed by atoms with Gasteiger partial charge >= 0.3 is 0 Å². The first-order valence-corrected chi connectivity index (χ1v) is 7.67. The average Bonchev–Trinajstić information content (AvgIpc) is 2.54. The Bertz CT molecular complexity index is 512. The van der Waals surface area contributed by atoms with Gasteiger partial charge in [0.15, 0.2) is 6.61 Å². The Balaban J connectivity index is 1.71. The van der Waals surface area contributed by atoms with Crippen LogP contribution >= 0.6 is 0 Å². The molecule has 1 aromatic carbocycles. The van der Waals surface area contributed by atoms with E-state index in [0.717, 1.165) is 30.9 Å². The summed E-state index contributed by atoms with van der Waals surface area (Å²) in [6.45, 7) is 3.95. The summed E-state index contributed by atoms with van der Waals surface area (Å²) in [5.41, 5.74) is 1.62. The van der Waals surface area contributed by atoms with Crippen LogP contribution in [0.4, 0.5) is 5.69 Å². The topological polar surface area (TPSA) is 53.0 Å². The highest BCUT2D eigenvalue weighted by Gasteiger charge is 2.26. The number of likely N-dealkylation sites (tertiary alicyclic amines) is 1. The number of nitrogens with zero attached hydrogens (tertiary/aromatic N) is 2. The molecule has 0 radical (unpaired) electrons. The third kappa shape index (κ3) is 3.19. The van der Waals surface area contributed by atoms with Gasteiger partial charge in [-0.2, -0.15) is 0 Å². The van der Waals surface area contributed by atoms with Crippen LogP contribution in [0.25, 0.3) is 0 Å². The molecule has 0 bridgehead atoms. The Morgan fingerprint density at radius 1 is 1.14 bits per heavy atom. The molecule has 0 unspecified atom stereocenters. The lowest BCUT2D eigenvalue weighted by Gasteiger charge is -2.33. The second kappa shape index (κ2) is 6.45. The Labute approximate surface area is 125 Å². The fraction of sp³-hybridized carbons (Fsp3) is 0.562. The number of piperidine rings is 1. The van der Waals surface area contributed by atoms with Gasteiger partial charge < -0.3 is 19.6 Å². The smallest absolute Gasteiger partial charge is 0.265 e. The summed E-state index contributed by atoms with van der Waals surface area (Å²) in [5.74, 6) is 0.705. The third-order valence-electron chi connectivity index (χ3n) is 4.24. The van der Waals surface area contributed by atoms with Crippen LogP contribution in [0.1, 0.15) is 24.8 Å². The van der Waals surface area contributed by atoms with Gasteiger partial charge in [0.2, 0.25) is 0 Å². The van der Waals surface area contributed by atoms with E-state index in [4.69, 9.17) is 4.74 Å². The zero-order chi connectivity index (χ0) is 14.7. The number of hydrogen-bond donors (Lipinski definition) is 1. The number of fused-ring (bicyclic) bond motifs is 1. The molecule has 1 fully saturated rings. The highest BCUT2D eigenvalue weighted by Crippen LogP contribution is 2.32. The van der Waals surface area contributed by atoms with Crippen molar-refractivity contribution in [3.8, 4) is 5.75 Å². The lowest BCUT2D eigenvalue weighted by Crippen LogP contribution is -2.44. The van der Waals surface area contributed by atoms with Gasteiger partial charge in [-0.05, 0) is 43.6 Å². The quantitative estimate of drug-likeness (QED) is 0.910. The molecule has 5 nitrogen and oxygen atoms in total. The summed E-state index contributed by atoms with van der Waals surface area (Å²) in [5, 5.41) is 9.19. The summed E-state index contributed by atoms with van der Waals surface area (Å²) >= 11 is 0. The van der Waals surface area contributed by atoms with E-state index in [9.17, 15) is 9.90 Å². The molecule has 0 atom stereocenters. The number of benzene rings is 1. The Hall–Kier alpha value is -1.59. The molecule has 0 spiro atoms. The summed E-state index contributed by atoms with van der Waals surface area (Å²) < 4.78 is 5.48. The largest absolute Gasteiger partial charge is 0.482 e. The SMILES string of the molecule is O=C1COc2cc(CO)ccc2N1CCN1CCCCC1. The number of aliphatic hydroxyl groups is 1. The molecule has 0 aliphatic carbocycles. The van der Waals surface area contributed by atoms with Gasteiger partial charge in [-0.25, -0.2) is 0 Å². The highest BCUT2D eigenvalue weighted by atomic mass is 16.5. The minimum absolute atomic E-state index is 0.0104. The summed E-state index contributed by atoms with van der Waals surface area (Å²) in [6, 6.07) is 5.53. The second-order valence-corrected chi connectivity index (χ2v) is 5.70. The monoisotopic (exact) mass is 290 g/mol. The number of carbonyl (C=O) groups excluding carboxylic acids is 1. The molecule has 3 rings (SSSR count). The minimum atomic E-state index is -0.0155. The Morgan fingerprint density at radius 3 is 2.71 bits per heavy atom. The van der Waals surface area contributed by atoms with Gasteiger partial charge in [0.25, 0.3) is 5.91 Å². The van der Waals surface area contributed by atoms with E-state index >= 15 is 0 Å². The number of rotatable bonds is 4. The van der Waals surface area contributed by atoms with Crippen molar-refractivity contribution in [2.75, 3.05) is 37.7 Å². The normalized spacial score (nSPS) is 19.3. The number of ether oxygens (including phenoxy) is 1. The van der Waals surface area contributed by atoms with Crippen molar-refractivity contribution in [1.82, 2.24) is 4.90 Å². The fourth-order valence-corrected chi connectivity index (χ4v) is 3.02. The molecule has 2 aliphatic heterocycles. The van der Waals surface area contributed by atoms with Gasteiger partial charge in [0, 0.05) is 13.1 Å². The molecule has 21 heavy (non-hydrogen) atoms. The standard InChI is InChI=1S/C16H22N2O3/c19-11-13-4-5-14-15(10-13)21-12-16(20)18(14)9-8-17-6-2-1-3-7-17/h4-5,10,19H,1-3,6-9,11-12H2. The first kappa shape index (κ1) is 14.4. The second-order valence-electron chi connectivity index (χ2n) is 5.70. The first-order valence-electron chi connectivity index (χ1n) is 7.67. The number of carbonyl (C=O) groups is 1. The molecular formula is C16H22N2O3. The lowest BCUT2D eigenvalue weighted by molar-refractivity contribution is -0.121. The lowest BCUT2D eigenvalue weighted by atomic mass is 10.1. The zero-order valence-electron chi connectivity index (χ0n) is 12.3. The van der Waals surface area contributed by atoms with Crippen molar-refractivity contribution in [1.29, 1.82) is 0 Å². The predicted molar refractivity (Wildman–Crippen MR) is 80.5 cm³/mol. The third-order valence-corrected chi connectivity index (χ3v) is 4.24. The van der Waals surface area contributed by atoms with Crippen LogP contribution in [-0.4, -0.2) is 48.7 Å². The van der Waals surface area contributed by atoms with Gasteiger partial charge in [-0.3, -0.25) is 4.79 Å². The van der Waals surface area contributed by atoms with E-state index in [1.807, 2.05) is 23.1 Å². The molecule has 1 amide bonds. The average molecular weight is 290 g/mol. The number of hydrogen-bond acceptors (Lipinski definition) is 4. The molecule has 0 aromatic heterocycles. The number of anilines is 1. The maximum atomic E-state index is 12.1. The van der Waals surface area contributed by atoms with Gasteiger partial charge in [-0.1, -0.05) is 12.5 Å². The van der Waals surface area contributed by atoms with Crippen molar-refractivity contribution in [2.45, 2.75) is 25.9 Å². The summed E-state index contributed by atoms with van der Waals surface area (Å²) in [4.78, 5) is 16.4. The number of aliphatic hydroxyl groups excluding tert-OH is 1. The van der Waals surface area contributed by atoms with Crippen LogP contribution < -0.4 is 9.64 Å². The Morgan fingerprint density at radius 2 is 1.95 bits per heavy atom. The minimum Gasteiger partial charge on any atom is -0.482 e. The molecule has 2 aliphatic rings. The van der Waals surface area contributed by atoms with Crippen LogP contribution in [0.15, 0.2) is 18.2 Å². The van der Waals surface area contributed by atoms with Crippen molar-refractivity contribution in [3.05, 3.63) is 23.8 Å². The molecule has 5 heteroatoms. The molecule has 1 aromatic rings. The van der Waals surface area contributed by atoms with E-state index in [0.29, 0.717) is 12.3 Å². The summed E-state index contributed by atoms with van der Waals surface area (Å²) in [6.07, 6.45) is 3.83. The molecule has 1 N–H and O–H groups in total. The summed E-state index contributed by atoms with van der Waals surface area (Å²) in [7, 11) is 0. The molecule has 1 saturated heterocycles. The van der Waals surface area contributed by atoms with Gasteiger partial charge in [0.05, 0.1) is 12.3 Å². The van der Waals surface area contributed by atoms with Gasteiger partial charge in [-0.15, -0.1) is 0 Å². The molecule has 0 saturated carbocycles. The van der Waals surface area contributed by atoms with Crippen LogP contribution in [-0.2, 0) is 11.4 Å². The van der Waals surface area contributed by atoms with Crippen molar-refractivity contribution in [3.63, 3.8) is 0 Å². The van der Waals surface area contributed by atoms with E-state index in [1.165, 1.54) is 19.3 Å². The predicted octanol–water partition coefficient (Wildman–Crippen LogP) is 1.39. The molecule has 2 heterocycles. The molecule has 114 valence electrons. The zero-order valence-corrected chi connectivity index (χ0v) is 12.3. The van der Waals surface area contributed by atoms with Crippen molar-refractivity contribution >= 4 is 11.6 Å². The van der Waals surface area contributed by atoms with E-state index in [-0.39, 0.29) is 19.1 Å². The van der Waals surface area contributed by atoms with Crippen molar-refractivity contribution < 1.29 is 14.6 Å². The first-order chi connectivity index (χ1) is 10.3. The highest BCUT2D eigenvalue weighted by molar-refractivity contribution is 5.97. The van der Waals surface area contributed by atoms with Crippen LogP contribution in [0.2, 0.25) is 0 Å². The molecular weight excluding hydrogens is 268 g/mol. The van der Waals surface area contributed by atoms with Gasteiger partial charge in [0.1, 0.15) is 5.75 Å². The Kier molecular flexibility index (Phi) is 4.41. The van der Waals surface area contributed by atoms with E-state index in [1.54, 1.807) is 0 Å². The van der Waals surface area contributed by atoms with Crippen LogP contribution in [0.3, 0.4) is 0 Å². The number of amides is 1. The van der Waals surface area contributed by atoms with Crippen molar-refractivity contribution in [2.24, 2.45) is 0 Å².